The fourth-order valence-electron chi connectivity index (χ4n) is 1.82. The summed E-state index contributed by atoms with van der Waals surface area (Å²) in [7, 11) is 3.57. The zero-order valence-corrected chi connectivity index (χ0v) is 10.9. The number of hydrogen-bond donors (Lipinski definition) is 1. The first-order valence-electron chi connectivity index (χ1n) is 5.85. The summed E-state index contributed by atoms with van der Waals surface area (Å²) in [5, 5.41) is 7.56. The highest BCUT2D eigenvalue weighted by Crippen LogP contribution is 2.25. The van der Waals surface area contributed by atoms with Gasteiger partial charge in [0.05, 0.1) is 17.9 Å². The molecule has 0 bridgehead atoms. The molecule has 6 nitrogen and oxygen atoms in total. The number of oxazole rings is 1. The molecule has 0 spiro atoms. The first kappa shape index (κ1) is 12.8. The number of nitrogens with one attached hydrogen (secondary N) is 1. The average Bonchev–Trinajstić information content (AvgIpc) is 2.91. The van der Waals surface area contributed by atoms with Crippen molar-refractivity contribution in [2.24, 2.45) is 7.05 Å². The second-order valence-electron chi connectivity index (χ2n) is 4.10. The third-order valence-electron chi connectivity index (χ3n) is 2.67. The van der Waals surface area contributed by atoms with Crippen LogP contribution in [0, 0.1) is 6.92 Å². The molecule has 0 saturated carbocycles. The van der Waals surface area contributed by atoms with Crippen LogP contribution < -0.4 is 5.32 Å². The molecule has 0 aliphatic heterocycles. The zero-order valence-electron chi connectivity index (χ0n) is 10.9. The highest BCUT2D eigenvalue weighted by molar-refractivity contribution is 5.61. The van der Waals surface area contributed by atoms with Crippen LogP contribution in [0.25, 0.3) is 11.3 Å². The fourth-order valence-corrected chi connectivity index (χ4v) is 1.82. The van der Waals surface area contributed by atoms with E-state index in [2.05, 4.69) is 15.4 Å². The monoisotopic (exact) mass is 250 g/mol. The number of methoxy groups -OCH3 is 1. The molecule has 18 heavy (non-hydrogen) atoms. The number of aromatic nitrogens is 3. The summed E-state index contributed by atoms with van der Waals surface area (Å²) in [5.41, 5.74) is 2.81. The molecule has 2 aromatic heterocycles. The van der Waals surface area contributed by atoms with Gasteiger partial charge in [0.15, 0.2) is 12.2 Å². The summed E-state index contributed by atoms with van der Waals surface area (Å²) in [6, 6.07) is 0. The zero-order chi connectivity index (χ0) is 13.0. The Hall–Kier alpha value is -1.66. The lowest BCUT2D eigenvalue weighted by molar-refractivity contribution is 0.199. The Morgan fingerprint density at radius 3 is 3.00 bits per heavy atom. The van der Waals surface area contributed by atoms with Crippen LogP contribution in [0.4, 0.5) is 0 Å². The maximum absolute atomic E-state index is 5.47. The second kappa shape index (κ2) is 5.79. The maximum Gasteiger partial charge on any atom is 0.181 e. The van der Waals surface area contributed by atoms with Crippen LogP contribution in [0.15, 0.2) is 17.0 Å². The van der Waals surface area contributed by atoms with Crippen molar-refractivity contribution in [3.63, 3.8) is 0 Å². The minimum atomic E-state index is 0.656. The molecule has 0 radical (unpaired) electrons. The number of hydrogen-bond acceptors (Lipinski definition) is 5. The topological polar surface area (TPSA) is 65.1 Å². The Bertz CT molecular complexity index is 504. The van der Waals surface area contributed by atoms with Gasteiger partial charge < -0.3 is 14.5 Å². The Morgan fingerprint density at radius 2 is 2.33 bits per heavy atom. The third kappa shape index (κ3) is 2.77. The maximum atomic E-state index is 5.47. The average molecular weight is 250 g/mol. The molecule has 0 atom stereocenters. The fraction of sp³-hybridized carbons (Fsp3) is 0.500. The lowest BCUT2D eigenvalue weighted by Gasteiger charge is -2.02. The van der Waals surface area contributed by atoms with Crippen LogP contribution in [-0.4, -0.2) is 35.0 Å². The van der Waals surface area contributed by atoms with Gasteiger partial charge in [0.2, 0.25) is 0 Å². The van der Waals surface area contributed by atoms with Gasteiger partial charge in [0.1, 0.15) is 5.69 Å². The molecule has 2 heterocycles. The van der Waals surface area contributed by atoms with Crippen LogP contribution in [0.2, 0.25) is 0 Å². The molecule has 0 unspecified atom stereocenters. The predicted molar refractivity (Wildman–Crippen MR) is 67.0 cm³/mol. The Morgan fingerprint density at radius 1 is 1.50 bits per heavy atom. The largest absolute Gasteiger partial charge is 0.443 e. The smallest absolute Gasteiger partial charge is 0.181 e. The molecule has 0 fully saturated rings. The summed E-state index contributed by atoms with van der Waals surface area (Å²) in [6.07, 6.45) is 3.41. The van der Waals surface area contributed by atoms with Crippen LogP contribution >= 0.6 is 0 Å². The van der Waals surface area contributed by atoms with E-state index in [9.17, 15) is 0 Å². The van der Waals surface area contributed by atoms with Gasteiger partial charge in [-0.25, -0.2) is 4.98 Å². The molecule has 2 rings (SSSR count). The van der Waals surface area contributed by atoms with Gasteiger partial charge in [0.25, 0.3) is 0 Å². The van der Waals surface area contributed by atoms with E-state index in [4.69, 9.17) is 9.15 Å². The van der Waals surface area contributed by atoms with Crippen molar-refractivity contribution in [2.75, 3.05) is 20.3 Å². The first-order chi connectivity index (χ1) is 8.72. The van der Waals surface area contributed by atoms with Crippen LogP contribution in [0.1, 0.15) is 11.4 Å². The standard InChI is InChI=1S/C12H18N4O2/c1-9-10(7-16(2)15-9)12-11(14-8-18-12)6-13-4-5-17-3/h7-8,13H,4-6H2,1-3H3. The van der Waals surface area contributed by atoms with Gasteiger partial charge in [-0.15, -0.1) is 0 Å². The predicted octanol–water partition coefficient (Wildman–Crippen LogP) is 1.12. The third-order valence-corrected chi connectivity index (χ3v) is 2.67. The summed E-state index contributed by atoms with van der Waals surface area (Å²) in [5.74, 6) is 0.783. The lowest BCUT2D eigenvalue weighted by Crippen LogP contribution is -2.19. The van der Waals surface area contributed by atoms with E-state index in [0.29, 0.717) is 13.2 Å². The highest BCUT2D eigenvalue weighted by atomic mass is 16.5. The Labute approximate surface area is 106 Å². The van der Waals surface area contributed by atoms with Crippen molar-refractivity contribution in [3.8, 4) is 11.3 Å². The van der Waals surface area contributed by atoms with E-state index >= 15 is 0 Å². The number of rotatable bonds is 6. The molecule has 6 heteroatoms. The SMILES string of the molecule is COCCNCc1ncoc1-c1cn(C)nc1C. The van der Waals surface area contributed by atoms with E-state index in [1.807, 2.05) is 20.2 Å². The summed E-state index contributed by atoms with van der Waals surface area (Å²) in [6.45, 7) is 4.08. The molecular weight excluding hydrogens is 232 g/mol. The van der Waals surface area contributed by atoms with Crippen molar-refractivity contribution in [1.82, 2.24) is 20.1 Å². The summed E-state index contributed by atoms with van der Waals surface area (Å²) < 4.78 is 12.2. The number of nitrogens with zero attached hydrogens (tertiary/aromatic N) is 3. The highest BCUT2D eigenvalue weighted by Gasteiger charge is 2.15. The van der Waals surface area contributed by atoms with Crippen molar-refractivity contribution in [1.29, 1.82) is 0 Å². The van der Waals surface area contributed by atoms with Crippen LogP contribution in [0.5, 0.6) is 0 Å². The van der Waals surface area contributed by atoms with E-state index in [0.717, 1.165) is 29.3 Å². The van der Waals surface area contributed by atoms with Gasteiger partial charge in [0, 0.05) is 33.4 Å². The molecule has 0 amide bonds. The first-order valence-corrected chi connectivity index (χ1v) is 5.85. The van der Waals surface area contributed by atoms with Gasteiger partial charge in [-0.05, 0) is 6.92 Å². The van der Waals surface area contributed by atoms with E-state index in [1.165, 1.54) is 6.39 Å². The van der Waals surface area contributed by atoms with Crippen molar-refractivity contribution < 1.29 is 9.15 Å². The van der Waals surface area contributed by atoms with Gasteiger partial charge in [-0.3, -0.25) is 4.68 Å². The van der Waals surface area contributed by atoms with Crippen molar-refractivity contribution in [3.05, 3.63) is 24.0 Å². The van der Waals surface area contributed by atoms with E-state index in [1.54, 1.807) is 11.8 Å². The van der Waals surface area contributed by atoms with Gasteiger partial charge in [-0.1, -0.05) is 0 Å². The van der Waals surface area contributed by atoms with Gasteiger partial charge >= 0.3 is 0 Å². The molecule has 0 saturated heterocycles. The number of aryl methyl sites for hydroxylation is 2. The quantitative estimate of drug-likeness (QED) is 0.778. The van der Waals surface area contributed by atoms with Crippen molar-refractivity contribution >= 4 is 0 Å². The molecule has 0 aromatic carbocycles. The van der Waals surface area contributed by atoms with E-state index < -0.39 is 0 Å². The second-order valence-corrected chi connectivity index (χ2v) is 4.10. The Balaban J connectivity index is 2.10. The minimum absolute atomic E-state index is 0.656. The normalized spacial score (nSPS) is 11.1. The molecule has 0 aliphatic rings. The molecular formula is C12H18N4O2. The summed E-state index contributed by atoms with van der Waals surface area (Å²) >= 11 is 0. The molecule has 2 aromatic rings. The molecule has 0 aliphatic carbocycles. The number of ether oxygens (including phenoxy) is 1. The van der Waals surface area contributed by atoms with E-state index in [-0.39, 0.29) is 0 Å². The van der Waals surface area contributed by atoms with Crippen LogP contribution in [-0.2, 0) is 18.3 Å². The lowest BCUT2D eigenvalue weighted by atomic mass is 10.2. The minimum Gasteiger partial charge on any atom is -0.443 e. The van der Waals surface area contributed by atoms with Crippen LogP contribution in [0.3, 0.4) is 0 Å². The van der Waals surface area contributed by atoms with Crippen molar-refractivity contribution in [2.45, 2.75) is 13.5 Å². The molecule has 98 valence electrons. The summed E-state index contributed by atoms with van der Waals surface area (Å²) in [4.78, 5) is 4.23. The molecule has 1 N–H and O–H groups in total. The Kier molecular flexibility index (Phi) is 4.11. The van der Waals surface area contributed by atoms with Gasteiger partial charge in [-0.2, -0.15) is 5.10 Å².